The lowest BCUT2D eigenvalue weighted by Crippen LogP contribution is -2.45. The zero-order chi connectivity index (χ0) is 14.8. The number of ether oxygens (including phenoxy) is 2. The molecule has 1 saturated heterocycles. The molecule has 1 atom stereocenters. The standard InChI is InChI=1S/C16H24N2O3.2ClH/c1-20-13-9-12(10-14(21-2)16(13)19)15(11-3-4-11)18-7-5-17-6-8-18;;/h9-11,15,17,19H,3-8H2,1-2H3;2*1H/t15-;;/m1../s1. The van der Waals surface area contributed by atoms with Crippen LogP contribution in [0.2, 0.25) is 0 Å². The SMILES string of the molecule is COc1cc([C@@H](C2CC2)N2CCNCC2)cc(OC)c1O.Cl.Cl. The molecule has 0 amide bonds. The average Bonchev–Trinajstić information content (AvgIpc) is 3.34. The lowest BCUT2D eigenvalue weighted by atomic mass is 9.98. The van der Waals surface area contributed by atoms with Gasteiger partial charge in [-0.15, -0.1) is 24.8 Å². The first kappa shape index (κ1) is 20.2. The van der Waals surface area contributed by atoms with E-state index in [1.54, 1.807) is 14.2 Å². The highest BCUT2D eigenvalue weighted by Gasteiger charge is 2.37. The molecular weight excluding hydrogens is 339 g/mol. The average molecular weight is 365 g/mol. The number of rotatable bonds is 5. The Morgan fingerprint density at radius 1 is 1.09 bits per heavy atom. The van der Waals surface area contributed by atoms with Crippen molar-refractivity contribution < 1.29 is 14.6 Å². The summed E-state index contributed by atoms with van der Waals surface area (Å²) in [5.74, 6) is 1.77. The number of benzene rings is 1. The summed E-state index contributed by atoms with van der Waals surface area (Å²) < 4.78 is 10.6. The molecule has 23 heavy (non-hydrogen) atoms. The number of hydrogen-bond acceptors (Lipinski definition) is 5. The van der Waals surface area contributed by atoms with Crippen molar-refractivity contribution in [1.82, 2.24) is 10.2 Å². The molecule has 0 spiro atoms. The fourth-order valence-corrected chi connectivity index (χ4v) is 3.24. The quantitative estimate of drug-likeness (QED) is 0.840. The molecule has 0 bridgehead atoms. The van der Waals surface area contributed by atoms with E-state index in [1.165, 1.54) is 18.4 Å². The molecule has 1 aromatic rings. The van der Waals surface area contributed by atoms with Crippen molar-refractivity contribution in [3.05, 3.63) is 17.7 Å². The van der Waals surface area contributed by atoms with E-state index in [2.05, 4.69) is 10.2 Å². The first-order valence-corrected chi connectivity index (χ1v) is 7.64. The first-order valence-electron chi connectivity index (χ1n) is 7.64. The lowest BCUT2D eigenvalue weighted by Gasteiger charge is -2.35. The molecule has 2 aliphatic rings. The fraction of sp³-hybridized carbons (Fsp3) is 0.625. The second-order valence-electron chi connectivity index (χ2n) is 5.84. The maximum absolute atomic E-state index is 10.1. The molecule has 2 fully saturated rings. The van der Waals surface area contributed by atoms with Crippen LogP contribution in [-0.2, 0) is 0 Å². The molecule has 7 heteroatoms. The summed E-state index contributed by atoms with van der Waals surface area (Å²) in [6, 6.07) is 4.32. The molecule has 2 N–H and O–H groups in total. The monoisotopic (exact) mass is 364 g/mol. The van der Waals surface area contributed by atoms with Gasteiger partial charge in [-0.05, 0) is 36.5 Å². The zero-order valence-corrected chi connectivity index (χ0v) is 15.2. The second-order valence-corrected chi connectivity index (χ2v) is 5.84. The van der Waals surface area contributed by atoms with Crippen LogP contribution < -0.4 is 14.8 Å². The van der Waals surface area contributed by atoms with Crippen LogP contribution in [-0.4, -0.2) is 50.4 Å². The highest BCUT2D eigenvalue weighted by Crippen LogP contribution is 2.48. The Morgan fingerprint density at radius 3 is 2.04 bits per heavy atom. The maximum atomic E-state index is 10.1. The van der Waals surface area contributed by atoms with Crippen molar-refractivity contribution in [1.29, 1.82) is 0 Å². The Kier molecular flexibility index (Phi) is 7.74. The van der Waals surface area contributed by atoms with Crippen LogP contribution in [0, 0.1) is 5.92 Å². The summed E-state index contributed by atoms with van der Waals surface area (Å²) >= 11 is 0. The molecule has 5 nitrogen and oxygen atoms in total. The van der Waals surface area contributed by atoms with Crippen molar-refractivity contribution in [2.24, 2.45) is 5.92 Å². The number of phenolic OH excluding ortho intramolecular Hbond substituents is 1. The summed E-state index contributed by atoms with van der Waals surface area (Å²) in [4.78, 5) is 2.54. The van der Waals surface area contributed by atoms with E-state index < -0.39 is 0 Å². The predicted octanol–water partition coefficient (Wildman–Crippen LogP) is 2.61. The lowest BCUT2D eigenvalue weighted by molar-refractivity contribution is 0.155. The molecular formula is C16H26Cl2N2O3. The van der Waals surface area contributed by atoms with Gasteiger partial charge in [0.05, 0.1) is 14.2 Å². The molecule has 0 radical (unpaired) electrons. The van der Waals surface area contributed by atoms with Gasteiger partial charge in [0, 0.05) is 32.2 Å². The molecule has 1 aliphatic carbocycles. The van der Waals surface area contributed by atoms with Crippen LogP contribution in [0.25, 0.3) is 0 Å². The number of nitrogens with one attached hydrogen (secondary N) is 1. The summed E-state index contributed by atoms with van der Waals surface area (Å²) in [5, 5.41) is 13.5. The van der Waals surface area contributed by atoms with Crippen LogP contribution in [0.3, 0.4) is 0 Å². The Bertz CT molecular complexity index is 481. The largest absolute Gasteiger partial charge is 0.502 e. The van der Waals surface area contributed by atoms with Gasteiger partial charge < -0.3 is 19.9 Å². The minimum atomic E-state index is 0. The van der Waals surface area contributed by atoms with E-state index in [9.17, 15) is 5.11 Å². The zero-order valence-electron chi connectivity index (χ0n) is 13.6. The number of halogens is 2. The second kappa shape index (κ2) is 8.83. The van der Waals surface area contributed by atoms with Crippen molar-refractivity contribution in [3.63, 3.8) is 0 Å². The number of methoxy groups -OCH3 is 2. The van der Waals surface area contributed by atoms with Gasteiger partial charge in [0.1, 0.15) is 0 Å². The van der Waals surface area contributed by atoms with E-state index in [1.807, 2.05) is 12.1 Å². The Balaban J connectivity index is 0.00000132. The third-order valence-electron chi connectivity index (χ3n) is 4.46. The van der Waals surface area contributed by atoms with Crippen molar-refractivity contribution >= 4 is 24.8 Å². The number of hydrogen-bond donors (Lipinski definition) is 2. The molecule has 3 rings (SSSR count). The Hall–Kier alpha value is -0.880. The first-order chi connectivity index (χ1) is 10.2. The van der Waals surface area contributed by atoms with Crippen molar-refractivity contribution in [2.75, 3.05) is 40.4 Å². The minimum absolute atomic E-state index is 0. The number of piperazine rings is 1. The van der Waals surface area contributed by atoms with Gasteiger partial charge in [-0.1, -0.05) is 0 Å². The van der Waals surface area contributed by atoms with E-state index in [-0.39, 0.29) is 30.6 Å². The molecule has 1 aliphatic heterocycles. The Morgan fingerprint density at radius 2 is 1.61 bits per heavy atom. The molecule has 1 heterocycles. The fourth-order valence-electron chi connectivity index (χ4n) is 3.24. The molecule has 132 valence electrons. The predicted molar refractivity (Wildman–Crippen MR) is 95.6 cm³/mol. The van der Waals surface area contributed by atoms with Gasteiger partial charge >= 0.3 is 0 Å². The smallest absolute Gasteiger partial charge is 0.200 e. The van der Waals surface area contributed by atoms with E-state index in [0.717, 1.165) is 26.2 Å². The van der Waals surface area contributed by atoms with Gasteiger partial charge in [0.15, 0.2) is 11.5 Å². The van der Waals surface area contributed by atoms with Gasteiger partial charge in [0.25, 0.3) is 0 Å². The Labute approximate surface area is 150 Å². The van der Waals surface area contributed by atoms with Crippen LogP contribution >= 0.6 is 24.8 Å². The minimum Gasteiger partial charge on any atom is -0.502 e. The van der Waals surface area contributed by atoms with E-state index in [4.69, 9.17) is 9.47 Å². The van der Waals surface area contributed by atoms with Crippen LogP contribution in [0.1, 0.15) is 24.4 Å². The van der Waals surface area contributed by atoms with Crippen molar-refractivity contribution in [2.45, 2.75) is 18.9 Å². The summed E-state index contributed by atoms with van der Waals surface area (Å²) in [6.45, 7) is 4.20. The summed E-state index contributed by atoms with van der Waals surface area (Å²) in [5.41, 5.74) is 1.19. The maximum Gasteiger partial charge on any atom is 0.200 e. The van der Waals surface area contributed by atoms with Crippen LogP contribution in [0.4, 0.5) is 0 Å². The third-order valence-corrected chi connectivity index (χ3v) is 4.46. The van der Waals surface area contributed by atoms with Gasteiger partial charge in [0.2, 0.25) is 5.75 Å². The topological polar surface area (TPSA) is 54.0 Å². The van der Waals surface area contributed by atoms with Gasteiger partial charge in [-0.2, -0.15) is 0 Å². The normalized spacial score (nSPS) is 19.2. The van der Waals surface area contributed by atoms with Crippen molar-refractivity contribution in [3.8, 4) is 17.2 Å². The summed E-state index contributed by atoms with van der Waals surface area (Å²) in [7, 11) is 3.16. The third kappa shape index (κ3) is 4.35. The van der Waals surface area contributed by atoms with E-state index >= 15 is 0 Å². The van der Waals surface area contributed by atoms with Gasteiger partial charge in [-0.3, -0.25) is 4.90 Å². The molecule has 1 saturated carbocycles. The van der Waals surface area contributed by atoms with E-state index in [0.29, 0.717) is 23.5 Å². The van der Waals surface area contributed by atoms with Crippen LogP contribution in [0.5, 0.6) is 17.2 Å². The number of aromatic hydroxyl groups is 1. The van der Waals surface area contributed by atoms with Crippen LogP contribution in [0.15, 0.2) is 12.1 Å². The molecule has 0 unspecified atom stereocenters. The number of nitrogens with zero attached hydrogens (tertiary/aromatic N) is 1. The van der Waals surface area contributed by atoms with Gasteiger partial charge in [-0.25, -0.2) is 0 Å². The molecule has 1 aromatic carbocycles. The summed E-state index contributed by atoms with van der Waals surface area (Å²) in [6.07, 6.45) is 2.56. The highest BCUT2D eigenvalue weighted by molar-refractivity contribution is 5.85. The number of phenols is 1. The molecule has 0 aromatic heterocycles. The highest BCUT2D eigenvalue weighted by atomic mass is 35.5.